The molecule has 1 atom stereocenters. The van der Waals surface area contributed by atoms with E-state index in [0.717, 1.165) is 33.7 Å². The lowest BCUT2D eigenvalue weighted by Gasteiger charge is -2.12. The van der Waals surface area contributed by atoms with Crippen LogP contribution in [0.3, 0.4) is 0 Å². The number of nitrogens with two attached hydrogens (primary N) is 1. The summed E-state index contributed by atoms with van der Waals surface area (Å²) in [6.45, 7) is 4.05. The lowest BCUT2D eigenvalue weighted by atomic mass is 10.1. The molecule has 136 valence electrons. The highest BCUT2D eigenvalue weighted by molar-refractivity contribution is 5.81. The van der Waals surface area contributed by atoms with Crippen molar-refractivity contribution >= 4 is 16.9 Å². The molecular formula is C19H21FN4O2. The van der Waals surface area contributed by atoms with Gasteiger partial charge in [0.15, 0.2) is 0 Å². The lowest BCUT2D eigenvalue weighted by Crippen LogP contribution is -2.39. The molecule has 7 heteroatoms. The molecule has 6 nitrogen and oxygen atoms in total. The first kappa shape index (κ1) is 18.0. The molecule has 0 spiro atoms. The van der Waals surface area contributed by atoms with Gasteiger partial charge in [-0.15, -0.1) is 0 Å². The van der Waals surface area contributed by atoms with Gasteiger partial charge in [0.1, 0.15) is 11.6 Å². The zero-order valence-electron chi connectivity index (χ0n) is 14.7. The molecule has 1 heterocycles. The van der Waals surface area contributed by atoms with Crippen LogP contribution in [0.15, 0.2) is 36.4 Å². The summed E-state index contributed by atoms with van der Waals surface area (Å²) in [5, 5.41) is 8.70. The van der Waals surface area contributed by atoms with E-state index in [1.165, 1.54) is 12.1 Å². The average Bonchev–Trinajstić information content (AvgIpc) is 2.97. The Labute approximate surface area is 150 Å². The molecule has 1 aromatic heterocycles. The number of aryl methyl sites for hydroxylation is 3. The zero-order valence-corrected chi connectivity index (χ0v) is 14.7. The second-order valence-corrected chi connectivity index (χ2v) is 6.39. The largest absolute Gasteiger partial charge is 0.320 e. The summed E-state index contributed by atoms with van der Waals surface area (Å²) in [6.07, 6.45) is 0.744. The number of nitrogens with zero attached hydrogens (tertiary/aromatic N) is 2. The van der Waals surface area contributed by atoms with Crippen LogP contribution in [0.2, 0.25) is 0 Å². The van der Waals surface area contributed by atoms with Crippen molar-refractivity contribution in [1.82, 2.24) is 15.0 Å². The van der Waals surface area contributed by atoms with Crippen molar-refractivity contribution in [2.45, 2.75) is 32.7 Å². The molecule has 0 aliphatic heterocycles. The molecule has 0 saturated heterocycles. The molecule has 0 bridgehead atoms. The third-order valence-electron chi connectivity index (χ3n) is 4.55. The van der Waals surface area contributed by atoms with Crippen LogP contribution in [0.5, 0.6) is 0 Å². The van der Waals surface area contributed by atoms with Gasteiger partial charge in [-0.1, -0.05) is 0 Å². The smallest absolute Gasteiger partial charge is 0.260 e. The number of nitrogens with one attached hydrogen (secondary N) is 1. The topological polar surface area (TPSA) is 93.2 Å². The van der Waals surface area contributed by atoms with Gasteiger partial charge in [-0.2, -0.15) is 0 Å². The Hall–Kier alpha value is -2.77. The van der Waals surface area contributed by atoms with Gasteiger partial charge in [-0.25, -0.2) is 14.9 Å². The van der Waals surface area contributed by atoms with E-state index in [9.17, 15) is 9.18 Å². The van der Waals surface area contributed by atoms with Gasteiger partial charge < -0.3 is 5.73 Å². The molecule has 0 aliphatic carbocycles. The highest BCUT2D eigenvalue weighted by Gasteiger charge is 2.17. The Kier molecular flexibility index (Phi) is 5.01. The summed E-state index contributed by atoms with van der Waals surface area (Å²) in [5.41, 5.74) is 12.1. The number of imidazole rings is 1. The Bertz CT molecular complexity index is 950. The summed E-state index contributed by atoms with van der Waals surface area (Å²) in [6, 6.07) is 9.39. The molecule has 3 rings (SSSR count). The summed E-state index contributed by atoms with van der Waals surface area (Å²) in [7, 11) is 0. The molecule has 2 aromatic carbocycles. The molecule has 0 aliphatic rings. The van der Waals surface area contributed by atoms with E-state index < -0.39 is 11.9 Å². The number of amides is 1. The SMILES string of the molecule is Cc1cc2nc(CC[C@H](N)C(=O)NO)n(-c3ccc(F)cc3)c2cc1C. The number of benzene rings is 2. The molecular weight excluding hydrogens is 335 g/mol. The van der Waals surface area contributed by atoms with Crippen LogP contribution in [0, 0.1) is 19.7 Å². The highest BCUT2D eigenvalue weighted by atomic mass is 19.1. The first-order valence-corrected chi connectivity index (χ1v) is 8.34. The fourth-order valence-electron chi connectivity index (χ4n) is 2.93. The minimum Gasteiger partial charge on any atom is -0.320 e. The first-order chi connectivity index (χ1) is 12.4. The van der Waals surface area contributed by atoms with E-state index in [-0.39, 0.29) is 5.82 Å². The minimum absolute atomic E-state index is 0.312. The number of aromatic nitrogens is 2. The number of rotatable bonds is 5. The van der Waals surface area contributed by atoms with Crippen molar-refractivity contribution in [3.8, 4) is 5.69 Å². The van der Waals surface area contributed by atoms with Gasteiger partial charge in [-0.05, 0) is 67.8 Å². The molecule has 0 saturated carbocycles. The fourth-order valence-corrected chi connectivity index (χ4v) is 2.93. The average molecular weight is 356 g/mol. The summed E-state index contributed by atoms with van der Waals surface area (Å²) in [5.74, 6) is -0.229. The molecule has 26 heavy (non-hydrogen) atoms. The predicted octanol–water partition coefficient (Wildman–Crippen LogP) is 2.55. The fraction of sp³-hybridized carbons (Fsp3) is 0.263. The van der Waals surface area contributed by atoms with E-state index >= 15 is 0 Å². The molecule has 4 N–H and O–H groups in total. The van der Waals surface area contributed by atoms with Crippen molar-refractivity contribution in [3.05, 3.63) is 59.2 Å². The third kappa shape index (κ3) is 3.44. The predicted molar refractivity (Wildman–Crippen MR) is 96.7 cm³/mol. The Morgan fingerprint density at radius 2 is 1.92 bits per heavy atom. The van der Waals surface area contributed by atoms with Crippen LogP contribution in [0.4, 0.5) is 4.39 Å². The lowest BCUT2D eigenvalue weighted by molar-refractivity contribution is -0.130. The van der Waals surface area contributed by atoms with Crippen molar-refractivity contribution in [2.24, 2.45) is 5.73 Å². The van der Waals surface area contributed by atoms with Crippen molar-refractivity contribution in [1.29, 1.82) is 0 Å². The first-order valence-electron chi connectivity index (χ1n) is 8.34. The van der Waals surface area contributed by atoms with E-state index in [1.807, 2.05) is 30.5 Å². The van der Waals surface area contributed by atoms with E-state index in [0.29, 0.717) is 12.8 Å². The normalized spacial score (nSPS) is 12.3. The van der Waals surface area contributed by atoms with Gasteiger partial charge in [0.05, 0.1) is 17.1 Å². The van der Waals surface area contributed by atoms with E-state index in [4.69, 9.17) is 10.9 Å². The van der Waals surface area contributed by atoms with Gasteiger partial charge in [0.2, 0.25) is 0 Å². The molecule has 1 amide bonds. The maximum Gasteiger partial charge on any atom is 0.260 e. The standard InChI is InChI=1S/C19H21FN4O2/c1-11-9-16-17(10-12(11)2)24(14-5-3-13(20)4-6-14)18(22-16)8-7-15(21)19(25)23-26/h3-6,9-10,15,26H,7-8,21H2,1-2H3,(H,23,25)/t15-/m0/s1. The van der Waals surface area contributed by atoms with E-state index in [1.54, 1.807) is 17.6 Å². The van der Waals surface area contributed by atoms with E-state index in [2.05, 4.69) is 4.98 Å². The number of halogens is 1. The number of carbonyl (C=O) groups excluding carboxylic acids is 1. The quantitative estimate of drug-likeness (QED) is 0.484. The maximum absolute atomic E-state index is 13.3. The minimum atomic E-state index is -0.843. The number of carbonyl (C=O) groups is 1. The number of hydrogen-bond donors (Lipinski definition) is 3. The molecule has 0 fully saturated rings. The van der Waals surface area contributed by atoms with Crippen LogP contribution in [0.1, 0.15) is 23.4 Å². The summed E-state index contributed by atoms with van der Waals surface area (Å²) in [4.78, 5) is 16.1. The molecule has 0 unspecified atom stereocenters. The van der Waals surface area contributed by atoms with Crippen LogP contribution < -0.4 is 11.2 Å². The zero-order chi connectivity index (χ0) is 18.8. The van der Waals surface area contributed by atoms with Crippen LogP contribution in [-0.4, -0.2) is 26.7 Å². The van der Waals surface area contributed by atoms with Crippen molar-refractivity contribution < 1.29 is 14.4 Å². The van der Waals surface area contributed by atoms with Gasteiger partial charge >= 0.3 is 0 Å². The third-order valence-corrected chi connectivity index (χ3v) is 4.55. The molecule has 3 aromatic rings. The van der Waals surface area contributed by atoms with Gasteiger partial charge in [0, 0.05) is 12.1 Å². The number of hydroxylamine groups is 1. The van der Waals surface area contributed by atoms with Gasteiger partial charge in [0.25, 0.3) is 5.91 Å². The Morgan fingerprint density at radius 1 is 1.27 bits per heavy atom. The van der Waals surface area contributed by atoms with Crippen LogP contribution in [0.25, 0.3) is 16.7 Å². The molecule has 0 radical (unpaired) electrons. The highest BCUT2D eigenvalue weighted by Crippen LogP contribution is 2.25. The second-order valence-electron chi connectivity index (χ2n) is 6.39. The van der Waals surface area contributed by atoms with Crippen molar-refractivity contribution in [2.75, 3.05) is 0 Å². The van der Waals surface area contributed by atoms with Crippen LogP contribution >= 0.6 is 0 Å². The monoisotopic (exact) mass is 356 g/mol. The van der Waals surface area contributed by atoms with Crippen LogP contribution in [-0.2, 0) is 11.2 Å². The summed E-state index contributed by atoms with van der Waals surface area (Å²) >= 11 is 0. The van der Waals surface area contributed by atoms with Gasteiger partial charge in [-0.3, -0.25) is 14.6 Å². The van der Waals surface area contributed by atoms with Crippen molar-refractivity contribution in [3.63, 3.8) is 0 Å². The Balaban J connectivity index is 2.07. The second kappa shape index (κ2) is 7.23. The number of hydrogen-bond acceptors (Lipinski definition) is 4. The number of fused-ring (bicyclic) bond motifs is 1. The Morgan fingerprint density at radius 3 is 2.58 bits per heavy atom. The maximum atomic E-state index is 13.3. The summed E-state index contributed by atoms with van der Waals surface area (Å²) < 4.78 is 15.3.